The zero-order valence-electron chi connectivity index (χ0n) is 19.9. The summed E-state index contributed by atoms with van der Waals surface area (Å²) in [5.41, 5.74) is 2.95. The van der Waals surface area contributed by atoms with Gasteiger partial charge >= 0.3 is 6.09 Å². The van der Waals surface area contributed by atoms with Crippen LogP contribution in [0.15, 0.2) is 59.9 Å². The van der Waals surface area contributed by atoms with Crippen LogP contribution in [-0.2, 0) is 10.0 Å². The Kier molecular flexibility index (Phi) is 5.75. The van der Waals surface area contributed by atoms with Gasteiger partial charge in [0.15, 0.2) is 5.65 Å². The molecule has 3 aromatic heterocycles. The van der Waals surface area contributed by atoms with Gasteiger partial charge < -0.3 is 10.0 Å². The molecule has 0 aliphatic carbocycles. The number of nitrogens with zero attached hydrogens (tertiary/aromatic N) is 4. The van der Waals surface area contributed by atoms with E-state index >= 15 is 0 Å². The molecule has 4 aromatic rings. The Morgan fingerprint density at radius 2 is 1.86 bits per heavy atom. The van der Waals surface area contributed by atoms with E-state index in [4.69, 9.17) is 0 Å². The molecular formula is C26H28N4O4S. The first kappa shape index (κ1) is 23.3. The van der Waals surface area contributed by atoms with Gasteiger partial charge in [-0.1, -0.05) is 31.5 Å². The number of benzene rings is 1. The van der Waals surface area contributed by atoms with E-state index in [0.29, 0.717) is 23.1 Å². The summed E-state index contributed by atoms with van der Waals surface area (Å²) in [5, 5.41) is 11.4. The number of rotatable bonds is 4. The first-order valence-electron chi connectivity index (χ1n) is 11.8. The van der Waals surface area contributed by atoms with Crippen LogP contribution in [0.2, 0.25) is 0 Å². The molecule has 4 heterocycles. The maximum absolute atomic E-state index is 13.4. The standard InChI is InChI=1S/C26H28N4O4S/c1-16(2)24-20(5-4-13-29(24)26(31)32)19-10-12-27-22-15-28-25-21(23(19)22)11-14-30(25)35(33,34)18-8-6-17(3)7-9-18/h6-12,14-16,20,24H,4-5,13H2,1-3H3,(H,31,32). The lowest BCUT2D eigenvalue weighted by Crippen LogP contribution is -2.49. The molecule has 1 aliphatic heterocycles. The predicted molar refractivity (Wildman–Crippen MR) is 134 cm³/mol. The minimum atomic E-state index is -3.84. The second-order valence-corrected chi connectivity index (χ2v) is 11.4. The van der Waals surface area contributed by atoms with E-state index in [2.05, 4.69) is 9.97 Å². The zero-order valence-corrected chi connectivity index (χ0v) is 20.7. The van der Waals surface area contributed by atoms with Crippen LogP contribution in [0.25, 0.3) is 21.9 Å². The second-order valence-electron chi connectivity index (χ2n) is 9.54. The van der Waals surface area contributed by atoms with Crippen molar-refractivity contribution in [2.75, 3.05) is 6.54 Å². The summed E-state index contributed by atoms with van der Waals surface area (Å²) in [6, 6.07) is 10.3. The maximum Gasteiger partial charge on any atom is 0.407 e. The van der Waals surface area contributed by atoms with E-state index in [1.54, 1.807) is 47.6 Å². The fraction of sp³-hybridized carbons (Fsp3) is 0.346. The van der Waals surface area contributed by atoms with Gasteiger partial charge in [-0.2, -0.15) is 0 Å². The molecule has 182 valence electrons. The smallest absolute Gasteiger partial charge is 0.407 e. The highest BCUT2D eigenvalue weighted by Gasteiger charge is 2.38. The van der Waals surface area contributed by atoms with E-state index < -0.39 is 16.1 Å². The highest BCUT2D eigenvalue weighted by molar-refractivity contribution is 7.90. The monoisotopic (exact) mass is 492 g/mol. The number of piperidine rings is 1. The number of amides is 1. The van der Waals surface area contributed by atoms with E-state index in [9.17, 15) is 18.3 Å². The molecule has 8 nitrogen and oxygen atoms in total. The average Bonchev–Trinajstić information content (AvgIpc) is 3.28. The first-order valence-corrected chi connectivity index (χ1v) is 13.2. The van der Waals surface area contributed by atoms with E-state index in [1.807, 2.05) is 26.8 Å². The molecule has 1 N–H and O–H groups in total. The van der Waals surface area contributed by atoms with Gasteiger partial charge in [0.2, 0.25) is 0 Å². The number of carboxylic acid groups (broad SMARTS) is 1. The lowest BCUT2D eigenvalue weighted by Gasteiger charge is -2.42. The predicted octanol–water partition coefficient (Wildman–Crippen LogP) is 5.01. The van der Waals surface area contributed by atoms with E-state index in [1.165, 1.54) is 10.2 Å². The molecule has 1 aromatic carbocycles. The fourth-order valence-corrected chi connectivity index (χ4v) is 6.77. The van der Waals surface area contributed by atoms with Crippen molar-refractivity contribution in [3.05, 3.63) is 66.1 Å². The SMILES string of the molecule is Cc1ccc(S(=O)(=O)n2ccc3c4c(C5CCCN(C(=O)O)C5C(C)C)ccnc4cnc32)cc1. The number of hydrogen-bond acceptors (Lipinski definition) is 5. The van der Waals surface area contributed by atoms with Crippen molar-refractivity contribution in [1.29, 1.82) is 0 Å². The number of likely N-dealkylation sites (tertiary alicyclic amines) is 1. The first-order chi connectivity index (χ1) is 16.7. The van der Waals surface area contributed by atoms with Gasteiger partial charge in [-0.3, -0.25) is 4.98 Å². The minimum Gasteiger partial charge on any atom is -0.465 e. The number of carbonyl (C=O) groups is 1. The average molecular weight is 493 g/mol. The third kappa shape index (κ3) is 3.83. The molecule has 1 saturated heterocycles. The van der Waals surface area contributed by atoms with Crippen LogP contribution in [-0.4, -0.2) is 51.0 Å². The van der Waals surface area contributed by atoms with Gasteiger partial charge in [-0.15, -0.1) is 0 Å². The maximum atomic E-state index is 13.4. The number of aryl methyl sites for hydroxylation is 1. The lowest BCUT2D eigenvalue weighted by molar-refractivity contribution is 0.0776. The molecule has 2 unspecified atom stereocenters. The van der Waals surface area contributed by atoms with Gasteiger partial charge in [-0.05, 0) is 55.5 Å². The molecule has 0 spiro atoms. The van der Waals surface area contributed by atoms with Crippen LogP contribution in [0.5, 0.6) is 0 Å². The van der Waals surface area contributed by atoms with Crippen LogP contribution < -0.4 is 0 Å². The Balaban J connectivity index is 1.71. The van der Waals surface area contributed by atoms with Crippen LogP contribution in [0, 0.1) is 12.8 Å². The van der Waals surface area contributed by atoms with Crippen LogP contribution >= 0.6 is 0 Å². The normalized spacial score (nSPS) is 19.0. The Bertz CT molecular complexity index is 1530. The molecule has 0 bridgehead atoms. The number of fused-ring (bicyclic) bond motifs is 3. The van der Waals surface area contributed by atoms with Crippen molar-refractivity contribution in [2.45, 2.75) is 50.5 Å². The van der Waals surface area contributed by atoms with Crippen molar-refractivity contribution in [1.82, 2.24) is 18.8 Å². The second kappa shape index (κ2) is 8.64. The summed E-state index contributed by atoms with van der Waals surface area (Å²) < 4.78 is 28.1. The van der Waals surface area contributed by atoms with Gasteiger partial charge in [0, 0.05) is 41.7 Å². The summed E-state index contributed by atoms with van der Waals surface area (Å²) >= 11 is 0. The number of aromatic nitrogens is 3. The Morgan fingerprint density at radius 1 is 1.11 bits per heavy atom. The van der Waals surface area contributed by atoms with Crippen LogP contribution in [0.3, 0.4) is 0 Å². The summed E-state index contributed by atoms with van der Waals surface area (Å²) in [7, 11) is -3.84. The third-order valence-corrected chi connectivity index (χ3v) is 8.69. The van der Waals surface area contributed by atoms with Crippen molar-refractivity contribution < 1.29 is 18.3 Å². The molecule has 2 atom stereocenters. The van der Waals surface area contributed by atoms with Crippen molar-refractivity contribution in [2.24, 2.45) is 5.92 Å². The quantitative estimate of drug-likeness (QED) is 0.429. The zero-order chi connectivity index (χ0) is 24.9. The van der Waals surface area contributed by atoms with Crippen LogP contribution in [0.4, 0.5) is 4.79 Å². The molecule has 1 fully saturated rings. The van der Waals surface area contributed by atoms with Crippen molar-refractivity contribution >= 4 is 38.1 Å². The third-order valence-electron chi connectivity index (χ3n) is 7.01. The summed E-state index contributed by atoms with van der Waals surface area (Å²) in [5.74, 6) is 0.0801. The Labute approximate surface area is 204 Å². The van der Waals surface area contributed by atoms with Gasteiger partial charge in [0.25, 0.3) is 10.0 Å². The molecule has 35 heavy (non-hydrogen) atoms. The molecule has 1 aliphatic rings. The van der Waals surface area contributed by atoms with Gasteiger partial charge in [-0.25, -0.2) is 22.2 Å². The van der Waals surface area contributed by atoms with E-state index in [-0.39, 0.29) is 22.8 Å². The molecule has 0 saturated carbocycles. The minimum absolute atomic E-state index is 0.0343. The highest BCUT2D eigenvalue weighted by Crippen LogP contribution is 2.41. The molecule has 0 radical (unpaired) electrons. The number of hydrogen-bond donors (Lipinski definition) is 1. The van der Waals surface area contributed by atoms with Gasteiger partial charge in [0.1, 0.15) is 0 Å². The Morgan fingerprint density at radius 3 is 2.54 bits per heavy atom. The highest BCUT2D eigenvalue weighted by atomic mass is 32.2. The summed E-state index contributed by atoms with van der Waals surface area (Å²) in [6.45, 7) is 6.51. The van der Waals surface area contributed by atoms with Crippen molar-refractivity contribution in [3.63, 3.8) is 0 Å². The molecule has 1 amide bonds. The fourth-order valence-electron chi connectivity index (χ4n) is 5.47. The molecule has 9 heteroatoms. The lowest BCUT2D eigenvalue weighted by atomic mass is 9.77. The Hall–Kier alpha value is -3.46. The topological polar surface area (TPSA) is 105 Å². The van der Waals surface area contributed by atoms with Crippen LogP contribution in [0.1, 0.15) is 43.7 Å². The summed E-state index contributed by atoms with van der Waals surface area (Å²) in [6.07, 6.45) is 5.56. The molecular weight excluding hydrogens is 464 g/mol. The largest absolute Gasteiger partial charge is 0.465 e. The number of pyridine rings is 2. The van der Waals surface area contributed by atoms with E-state index in [0.717, 1.165) is 29.4 Å². The molecule has 5 rings (SSSR count). The van der Waals surface area contributed by atoms with Gasteiger partial charge in [0.05, 0.1) is 16.6 Å². The summed E-state index contributed by atoms with van der Waals surface area (Å²) in [4.78, 5) is 22.7. The van der Waals surface area contributed by atoms with Crippen molar-refractivity contribution in [3.8, 4) is 0 Å².